The molecule has 0 fully saturated rings. The number of nitrogens with one attached hydrogen (secondary N) is 1. The van der Waals surface area contributed by atoms with Gasteiger partial charge in [0.25, 0.3) is 5.91 Å². The maximum absolute atomic E-state index is 12.0. The molecule has 0 radical (unpaired) electrons. The van der Waals surface area contributed by atoms with Crippen LogP contribution in [0.5, 0.6) is 0 Å². The van der Waals surface area contributed by atoms with E-state index in [4.69, 9.17) is 18.0 Å². The van der Waals surface area contributed by atoms with Crippen LogP contribution in [-0.2, 0) is 0 Å². The summed E-state index contributed by atoms with van der Waals surface area (Å²) < 4.78 is 0. The molecule has 4 heteroatoms. The molecular formula is C16H20N2OS. The number of allylic oxidation sites excluding steroid dienone is 1. The number of hydrogen-bond acceptors (Lipinski definition) is 2. The number of carbonyl (C=O) groups is 1. The van der Waals surface area contributed by atoms with E-state index < -0.39 is 0 Å². The van der Waals surface area contributed by atoms with Crippen LogP contribution in [0.25, 0.3) is 0 Å². The molecule has 106 valence electrons. The molecule has 1 aliphatic carbocycles. The summed E-state index contributed by atoms with van der Waals surface area (Å²) in [5.74, 6) is -0.0455. The summed E-state index contributed by atoms with van der Waals surface area (Å²) in [4.78, 5) is 12.3. The summed E-state index contributed by atoms with van der Waals surface area (Å²) in [6.07, 6.45) is 8.21. The molecule has 20 heavy (non-hydrogen) atoms. The number of thiocarbonyl (C=S) groups is 1. The topological polar surface area (TPSA) is 55.1 Å². The fourth-order valence-corrected chi connectivity index (χ4v) is 2.49. The SMILES string of the molecule is NC(=S)c1ccc(C(=O)NCCC2=CCCCC2)cc1. The average molecular weight is 288 g/mol. The molecule has 2 rings (SSSR count). The highest BCUT2D eigenvalue weighted by atomic mass is 32.1. The van der Waals surface area contributed by atoms with Crippen molar-refractivity contribution in [2.24, 2.45) is 5.73 Å². The zero-order chi connectivity index (χ0) is 14.4. The maximum atomic E-state index is 12.0. The summed E-state index contributed by atoms with van der Waals surface area (Å²) in [5, 5.41) is 2.95. The van der Waals surface area contributed by atoms with Gasteiger partial charge in [-0.25, -0.2) is 0 Å². The van der Waals surface area contributed by atoms with Gasteiger partial charge in [0.2, 0.25) is 0 Å². The third kappa shape index (κ3) is 4.17. The molecule has 0 aromatic heterocycles. The zero-order valence-corrected chi connectivity index (χ0v) is 12.3. The molecule has 1 aromatic carbocycles. The van der Waals surface area contributed by atoms with Crippen molar-refractivity contribution in [3.8, 4) is 0 Å². The van der Waals surface area contributed by atoms with Crippen molar-refractivity contribution in [3.05, 3.63) is 47.0 Å². The summed E-state index contributed by atoms with van der Waals surface area (Å²) in [5.41, 5.74) is 8.42. The number of hydrogen-bond donors (Lipinski definition) is 2. The van der Waals surface area contributed by atoms with E-state index in [1.165, 1.54) is 31.3 Å². The Morgan fingerprint density at radius 3 is 2.50 bits per heavy atom. The van der Waals surface area contributed by atoms with Gasteiger partial charge in [0.15, 0.2) is 0 Å². The predicted octanol–water partition coefficient (Wildman–Crippen LogP) is 2.94. The molecule has 3 N–H and O–H groups in total. The van der Waals surface area contributed by atoms with Gasteiger partial charge >= 0.3 is 0 Å². The van der Waals surface area contributed by atoms with Crippen LogP contribution in [0, 0.1) is 0 Å². The monoisotopic (exact) mass is 288 g/mol. The number of benzene rings is 1. The van der Waals surface area contributed by atoms with Crippen LogP contribution in [0.1, 0.15) is 48.0 Å². The molecule has 0 heterocycles. The van der Waals surface area contributed by atoms with Crippen LogP contribution < -0.4 is 11.1 Å². The largest absolute Gasteiger partial charge is 0.389 e. The molecule has 3 nitrogen and oxygen atoms in total. The Labute approximate surface area is 125 Å². The van der Waals surface area contributed by atoms with Crippen LogP contribution in [0.2, 0.25) is 0 Å². The number of carbonyl (C=O) groups excluding carboxylic acids is 1. The first-order valence-corrected chi connectivity index (χ1v) is 7.43. The van der Waals surface area contributed by atoms with E-state index in [2.05, 4.69) is 11.4 Å². The average Bonchev–Trinajstić information content (AvgIpc) is 2.48. The number of rotatable bonds is 5. The van der Waals surface area contributed by atoms with Crippen molar-refractivity contribution in [3.63, 3.8) is 0 Å². The smallest absolute Gasteiger partial charge is 0.251 e. The fraction of sp³-hybridized carbons (Fsp3) is 0.375. The molecule has 0 saturated heterocycles. The third-order valence-corrected chi connectivity index (χ3v) is 3.78. The van der Waals surface area contributed by atoms with E-state index >= 15 is 0 Å². The Hall–Kier alpha value is -1.68. The summed E-state index contributed by atoms with van der Waals surface area (Å²) in [6.45, 7) is 0.696. The van der Waals surface area contributed by atoms with Crippen molar-refractivity contribution >= 4 is 23.1 Å². The van der Waals surface area contributed by atoms with Crippen molar-refractivity contribution in [2.45, 2.75) is 32.1 Å². The summed E-state index contributed by atoms with van der Waals surface area (Å²) in [7, 11) is 0. The van der Waals surface area contributed by atoms with Gasteiger partial charge in [-0.15, -0.1) is 0 Å². The van der Waals surface area contributed by atoms with Gasteiger partial charge in [0, 0.05) is 17.7 Å². The lowest BCUT2D eigenvalue weighted by molar-refractivity contribution is 0.0954. The van der Waals surface area contributed by atoms with Crippen LogP contribution in [0.15, 0.2) is 35.9 Å². The minimum Gasteiger partial charge on any atom is -0.389 e. The molecule has 0 aliphatic heterocycles. The van der Waals surface area contributed by atoms with Crippen LogP contribution >= 0.6 is 12.2 Å². The van der Waals surface area contributed by atoms with Gasteiger partial charge in [-0.05, 0) is 44.2 Å². The Kier molecular flexibility index (Phi) is 5.30. The molecule has 0 saturated carbocycles. The Balaban J connectivity index is 1.82. The van der Waals surface area contributed by atoms with Gasteiger partial charge in [-0.2, -0.15) is 0 Å². The predicted molar refractivity (Wildman–Crippen MR) is 85.8 cm³/mol. The van der Waals surface area contributed by atoms with Crippen LogP contribution in [-0.4, -0.2) is 17.4 Å². The van der Waals surface area contributed by atoms with Gasteiger partial charge in [0.05, 0.1) is 0 Å². The van der Waals surface area contributed by atoms with Gasteiger partial charge in [0.1, 0.15) is 4.99 Å². The highest BCUT2D eigenvalue weighted by Crippen LogP contribution is 2.19. The van der Waals surface area contributed by atoms with E-state index in [-0.39, 0.29) is 5.91 Å². The number of nitrogens with two attached hydrogens (primary N) is 1. The first-order valence-electron chi connectivity index (χ1n) is 7.03. The molecule has 0 spiro atoms. The normalized spacial score (nSPS) is 14.5. The maximum Gasteiger partial charge on any atom is 0.251 e. The van der Waals surface area contributed by atoms with E-state index in [1.54, 1.807) is 24.3 Å². The van der Waals surface area contributed by atoms with Crippen LogP contribution in [0.3, 0.4) is 0 Å². The second-order valence-corrected chi connectivity index (χ2v) is 5.50. The minimum absolute atomic E-state index is 0.0455. The molecule has 1 aliphatic rings. The lowest BCUT2D eigenvalue weighted by atomic mass is 9.97. The molecule has 1 aromatic rings. The van der Waals surface area contributed by atoms with Crippen molar-refractivity contribution in [1.82, 2.24) is 5.32 Å². The fourth-order valence-electron chi connectivity index (χ4n) is 2.36. The Bertz CT molecular complexity index is 520. The second-order valence-electron chi connectivity index (χ2n) is 5.06. The van der Waals surface area contributed by atoms with Crippen LogP contribution in [0.4, 0.5) is 0 Å². The molecule has 0 atom stereocenters. The lowest BCUT2D eigenvalue weighted by Gasteiger charge is -2.13. The van der Waals surface area contributed by atoms with E-state index in [9.17, 15) is 4.79 Å². The number of amides is 1. The van der Waals surface area contributed by atoms with Gasteiger partial charge in [-0.3, -0.25) is 4.79 Å². The molecular weight excluding hydrogens is 268 g/mol. The zero-order valence-electron chi connectivity index (χ0n) is 11.5. The minimum atomic E-state index is -0.0455. The van der Waals surface area contributed by atoms with Crippen molar-refractivity contribution in [1.29, 1.82) is 0 Å². The van der Waals surface area contributed by atoms with Crippen molar-refractivity contribution in [2.75, 3.05) is 6.54 Å². The quantitative estimate of drug-likeness (QED) is 0.647. The highest BCUT2D eigenvalue weighted by molar-refractivity contribution is 7.80. The van der Waals surface area contributed by atoms with E-state index in [1.807, 2.05) is 0 Å². The third-order valence-electron chi connectivity index (χ3n) is 3.55. The first-order chi connectivity index (χ1) is 9.66. The lowest BCUT2D eigenvalue weighted by Crippen LogP contribution is -2.25. The molecule has 0 bridgehead atoms. The van der Waals surface area contributed by atoms with E-state index in [0.717, 1.165) is 12.0 Å². The van der Waals surface area contributed by atoms with Crippen molar-refractivity contribution < 1.29 is 4.79 Å². The van der Waals surface area contributed by atoms with Gasteiger partial charge in [-0.1, -0.05) is 36.0 Å². The first kappa shape index (κ1) is 14.7. The summed E-state index contributed by atoms with van der Waals surface area (Å²) >= 11 is 4.88. The van der Waals surface area contributed by atoms with E-state index in [0.29, 0.717) is 17.1 Å². The second kappa shape index (κ2) is 7.20. The molecule has 0 unspecified atom stereocenters. The molecule has 1 amide bonds. The highest BCUT2D eigenvalue weighted by Gasteiger charge is 2.07. The van der Waals surface area contributed by atoms with Gasteiger partial charge < -0.3 is 11.1 Å². The Morgan fingerprint density at radius 1 is 1.20 bits per heavy atom. The standard InChI is InChI=1S/C16H20N2OS/c17-15(20)13-6-8-14(9-7-13)16(19)18-11-10-12-4-2-1-3-5-12/h4,6-9H,1-3,5,10-11H2,(H2,17,20)(H,18,19). The summed E-state index contributed by atoms with van der Waals surface area (Å²) in [6, 6.07) is 7.06. The Morgan fingerprint density at radius 2 is 1.90 bits per heavy atom.